The molecule has 2 aromatic carbocycles. The van der Waals surface area contributed by atoms with Crippen molar-refractivity contribution in [2.75, 3.05) is 11.1 Å². The molecule has 0 aliphatic heterocycles. The summed E-state index contributed by atoms with van der Waals surface area (Å²) in [4.78, 5) is 12.0. The summed E-state index contributed by atoms with van der Waals surface area (Å²) in [7, 11) is 0. The zero-order valence-corrected chi connectivity index (χ0v) is 14.2. The summed E-state index contributed by atoms with van der Waals surface area (Å²) in [5, 5.41) is 16.0. The van der Waals surface area contributed by atoms with Crippen molar-refractivity contribution in [3.05, 3.63) is 78.1 Å². The highest BCUT2D eigenvalue weighted by Gasteiger charge is 2.06. The predicted molar refractivity (Wildman–Crippen MR) is 99.5 cm³/mol. The summed E-state index contributed by atoms with van der Waals surface area (Å²) in [6.45, 7) is 0. The van der Waals surface area contributed by atoms with Gasteiger partial charge in [-0.1, -0.05) is 24.3 Å². The SMILES string of the molecule is N#Cc1ccccc1NC(=O)CSCc1ccc(-n2cccn2)cc1. The Morgan fingerprint density at radius 1 is 1.16 bits per heavy atom. The van der Waals surface area contributed by atoms with Crippen LogP contribution in [0.1, 0.15) is 11.1 Å². The van der Waals surface area contributed by atoms with Crippen molar-refractivity contribution in [2.24, 2.45) is 0 Å². The summed E-state index contributed by atoms with van der Waals surface area (Å²) in [6, 6.07) is 19.0. The largest absolute Gasteiger partial charge is 0.324 e. The Bertz CT molecular complexity index is 883. The number of nitrogens with one attached hydrogen (secondary N) is 1. The number of carbonyl (C=O) groups excluding carboxylic acids is 1. The second kappa shape index (κ2) is 8.18. The average molecular weight is 348 g/mol. The molecular formula is C19H16N4OS. The molecule has 0 saturated carbocycles. The molecule has 1 amide bonds. The van der Waals surface area contributed by atoms with Gasteiger partial charge in [-0.15, -0.1) is 11.8 Å². The van der Waals surface area contributed by atoms with E-state index in [9.17, 15) is 4.79 Å². The van der Waals surface area contributed by atoms with Crippen molar-refractivity contribution in [3.8, 4) is 11.8 Å². The number of aromatic nitrogens is 2. The van der Waals surface area contributed by atoms with Crippen LogP contribution in [0, 0.1) is 11.3 Å². The molecule has 1 heterocycles. The molecule has 1 aromatic heterocycles. The van der Waals surface area contributed by atoms with Crippen LogP contribution in [0.15, 0.2) is 67.0 Å². The van der Waals surface area contributed by atoms with Gasteiger partial charge in [-0.25, -0.2) is 4.68 Å². The first-order valence-electron chi connectivity index (χ1n) is 7.72. The third kappa shape index (κ3) is 4.49. The number of amides is 1. The first-order valence-corrected chi connectivity index (χ1v) is 8.87. The monoisotopic (exact) mass is 348 g/mol. The lowest BCUT2D eigenvalue weighted by Crippen LogP contribution is -2.15. The smallest absolute Gasteiger partial charge is 0.234 e. The zero-order chi connectivity index (χ0) is 17.5. The lowest BCUT2D eigenvalue weighted by molar-refractivity contribution is -0.113. The molecule has 0 aliphatic rings. The van der Waals surface area contributed by atoms with Crippen LogP contribution in [0.5, 0.6) is 0 Å². The predicted octanol–water partition coefficient (Wildman–Crippen LogP) is 3.62. The Balaban J connectivity index is 1.49. The number of hydrogen-bond acceptors (Lipinski definition) is 4. The van der Waals surface area contributed by atoms with Crippen LogP contribution in [0.25, 0.3) is 5.69 Å². The summed E-state index contributed by atoms with van der Waals surface area (Å²) >= 11 is 1.53. The van der Waals surface area contributed by atoms with Crippen LogP contribution in [0.3, 0.4) is 0 Å². The highest BCUT2D eigenvalue weighted by atomic mass is 32.2. The minimum atomic E-state index is -0.110. The number of nitrogens with zero attached hydrogens (tertiary/aromatic N) is 3. The van der Waals surface area contributed by atoms with Crippen molar-refractivity contribution in [1.82, 2.24) is 9.78 Å². The van der Waals surface area contributed by atoms with Crippen molar-refractivity contribution >= 4 is 23.4 Å². The molecule has 0 fully saturated rings. The third-order valence-electron chi connectivity index (χ3n) is 3.53. The average Bonchev–Trinajstić information content (AvgIpc) is 3.17. The van der Waals surface area contributed by atoms with Crippen LogP contribution in [-0.2, 0) is 10.5 Å². The van der Waals surface area contributed by atoms with E-state index in [1.54, 1.807) is 35.1 Å². The van der Waals surface area contributed by atoms with Gasteiger partial charge in [0.15, 0.2) is 0 Å². The zero-order valence-electron chi connectivity index (χ0n) is 13.4. The molecule has 0 unspecified atom stereocenters. The Labute approximate surface area is 150 Å². The van der Waals surface area contributed by atoms with Crippen LogP contribution in [0.4, 0.5) is 5.69 Å². The van der Waals surface area contributed by atoms with Crippen molar-refractivity contribution in [2.45, 2.75) is 5.75 Å². The van der Waals surface area contributed by atoms with Crippen LogP contribution in [0.2, 0.25) is 0 Å². The summed E-state index contributed by atoms with van der Waals surface area (Å²) < 4.78 is 1.80. The molecule has 6 heteroatoms. The van der Waals surface area contributed by atoms with Gasteiger partial charge in [0.05, 0.1) is 22.7 Å². The topological polar surface area (TPSA) is 70.7 Å². The van der Waals surface area contributed by atoms with Gasteiger partial charge < -0.3 is 5.32 Å². The fourth-order valence-corrected chi connectivity index (χ4v) is 3.09. The molecule has 25 heavy (non-hydrogen) atoms. The second-order valence-electron chi connectivity index (χ2n) is 5.32. The lowest BCUT2D eigenvalue weighted by atomic mass is 10.2. The van der Waals surface area contributed by atoms with Gasteiger partial charge in [-0.2, -0.15) is 10.4 Å². The Kier molecular flexibility index (Phi) is 5.50. The molecule has 0 spiro atoms. The van der Waals surface area contributed by atoms with E-state index in [4.69, 9.17) is 5.26 Å². The van der Waals surface area contributed by atoms with Gasteiger partial charge in [-0.05, 0) is 35.9 Å². The van der Waals surface area contributed by atoms with Gasteiger partial charge in [0, 0.05) is 18.1 Å². The van der Waals surface area contributed by atoms with E-state index >= 15 is 0 Å². The first kappa shape index (κ1) is 16.8. The van der Waals surface area contributed by atoms with Crippen LogP contribution >= 0.6 is 11.8 Å². The highest BCUT2D eigenvalue weighted by Crippen LogP contribution is 2.17. The van der Waals surface area contributed by atoms with E-state index < -0.39 is 0 Å². The van der Waals surface area contributed by atoms with Crippen LogP contribution in [-0.4, -0.2) is 21.4 Å². The lowest BCUT2D eigenvalue weighted by Gasteiger charge is -2.07. The molecule has 0 radical (unpaired) electrons. The molecule has 3 aromatic rings. The molecule has 124 valence electrons. The molecule has 3 rings (SSSR count). The molecule has 0 atom stereocenters. The number of benzene rings is 2. The minimum Gasteiger partial charge on any atom is -0.324 e. The summed E-state index contributed by atoms with van der Waals surface area (Å²) in [5.74, 6) is 0.966. The summed E-state index contributed by atoms with van der Waals surface area (Å²) in [6.07, 6.45) is 3.64. The fourth-order valence-electron chi connectivity index (χ4n) is 2.30. The molecule has 0 aliphatic carbocycles. The van der Waals surface area contributed by atoms with Gasteiger partial charge in [0.25, 0.3) is 0 Å². The van der Waals surface area contributed by atoms with Gasteiger partial charge in [0.1, 0.15) is 6.07 Å². The van der Waals surface area contributed by atoms with Gasteiger partial charge in [0.2, 0.25) is 5.91 Å². The Morgan fingerprint density at radius 2 is 1.96 bits per heavy atom. The molecule has 0 bridgehead atoms. The van der Waals surface area contributed by atoms with E-state index in [-0.39, 0.29) is 5.91 Å². The minimum absolute atomic E-state index is 0.110. The normalized spacial score (nSPS) is 10.2. The second-order valence-corrected chi connectivity index (χ2v) is 6.30. The maximum atomic E-state index is 12.0. The van der Waals surface area contributed by atoms with E-state index in [0.29, 0.717) is 17.0 Å². The van der Waals surface area contributed by atoms with Crippen molar-refractivity contribution in [3.63, 3.8) is 0 Å². The molecule has 5 nitrogen and oxygen atoms in total. The number of nitriles is 1. The maximum Gasteiger partial charge on any atom is 0.234 e. The standard InChI is InChI=1S/C19H16N4OS/c20-12-16-4-1-2-5-18(16)22-19(24)14-25-13-15-6-8-17(9-7-15)23-11-3-10-21-23/h1-11H,13-14H2,(H,22,24). The third-order valence-corrected chi connectivity index (χ3v) is 4.53. The van der Waals surface area contributed by atoms with Crippen molar-refractivity contribution < 1.29 is 4.79 Å². The number of thioether (sulfide) groups is 1. The molecule has 1 N–H and O–H groups in total. The fraction of sp³-hybridized carbons (Fsp3) is 0.105. The molecule has 0 saturated heterocycles. The highest BCUT2D eigenvalue weighted by molar-refractivity contribution is 7.99. The first-order chi connectivity index (χ1) is 12.3. The molecular weight excluding hydrogens is 332 g/mol. The number of anilines is 1. The maximum absolute atomic E-state index is 12.0. The Morgan fingerprint density at radius 3 is 2.68 bits per heavy atom. The number of rotatable bonds is 6. The van der Waals surface area contributed by atoms with Gasteiger partial charge >= 0.3 is 0 Å². The summed E-state index contributed by atoms with van der Waals surface area (Å²) in [5.41, 5.74) is 3.17. The van der Waals surface area contributed by atoms with E-state index in [0.717, 1.165) is 17.0 Å². The Hall–Kier alpha value is -3.04. The van der Waals surface area contributed by atoms with Crippen LogP contribution < -0.4 is 5.32 Å². The van der Waals surface area contributed by atoms with Crippen molar-refractivity contribution in [1.29, 1.82) is 5.26 Å². The van der Waals surface area contributed by atoms with E-state index in [1.165, 1.54) is 11.8 Å². The van der Waals surface area contributed by atoms with Gasteiger partial charge in [-0.3, -0.25) is 4.79 Å². The van der Waals surface area contributed by atoms with E-state index in [2.05, 4.69) is 16.5 Å². The number of hydrogen-bond donors (Lipinski definition) is 1. The number of carbonyl (C=O) groups is 1. The quantitative estimate of drug-likeness (QED) is 0.739. The van der Waals surface area contributed by atoms with E-state index in [1.807, 2.05) is 36.5 Å². The number of para-hydroxylation sites is 1.